The Labute approximate surface area is 153 Å². The third-order valence-electron chi connectivity index (χ3n) is 6.33. The lowest BCUT2D eigenvalue weighted by Crippen LogP contribution is -2.38. The summed E-state index contributed by atoms with van der Waals surface area (Å²) in [6.07, 6.45) is 12.5. The molecule has 2 unspecified atom stereocenters. The third kappa shape index (κ3) is 4.98. The van der Waals surface area contributed by atoms with Gasteiger partial charge in [-0.2, -0.15) is 0 Å². The first-order chi connectivity index (χ1) is 11.5. The molecule has 25 heavy (non-hydrogen) atoms. The van der Waals surface area contributed by atoms with Gasteiger partial charge >= 0.3 is 11.9 Å². The van der Waals surface area contributed by atoms with Crippen molar-refractivity contribution in [3.8, 4) is 0 Å². The molecule has 2 saturated heterocycles. The van der Waals surface area contributed by atoms with E-state index in [0.717, 1.165) is 25.7 Å². The molecular weight excluding hydrogens is 316 g/mol. The van der Waals surface area contributed by atoms with Gasteiger partial charge in [0.1, 0.15) is 12.2 Å². The van der Waals surface area contributed by atoms with Gasteiger partial charge in [0, 0.05) is 0 Å². The highest BCUT2D eigenvalue weighted by Gasteiger charge is 2.37. The Morgan fingerprint density at radius 1 is 0.680 bits per heavy atom. The van der Waals surface area contributed by atoms with E-state index < -0.39 is 0 Å². The quantitative estimate of drug-likeness (QED) is 0.582. The highest BCUT2D eigenvalue weighted by Crippen LogP contribution is 2.36. The molecule has 0 aromatic carbocycles. The highest BCUT2D eigenvalue weighted by molar-refractivity contribution is 5.73. The van der Waals surface area contributed by atoms with Gasteiger partial charge in [-0.3, -0.25) is 9.59 Å². The molecule has 2 heterocycles. The van der Waals surface area contributed by atoms with Gasteiger partial charge in [0.15, 0.2) is 0 Å². The zero-order valence-corrected chi connectivity index (χ0v) is 15.2. The van der Waals surface area contributed by atoms with Gasteiger partial charge in [-0.05, 0) is 63.2 Å². The normalized spacial score (nSPS) is 40.1. The molecule has 0 bridgehead atoms. The number of esters is 2. The number of ether oxygens (including phenoxy) is 2. The third-order valence-corrected chi connectivity index (χ3v) is 6.33. The highest BCUT2D eigenvalue weighted by atomic mass is 16.5. The molecule has 0 spiro atoms. The summed E-state index contributed by atoms with van der Waals surface area (Å²) >= 11 is 0. The fourth-order valence-corrected chi connectivity index (χ4v) is 4.83. The molecule has 6 atom stereocenters. The van der Waals surface area contributed by atoms with Gasteiger partial charge in [-0.1, -0.05) is 34.1 Å². The van der Waals surface area contributed by atoms with E-state index in [1.165, 1.54) is 38.5 Å². The number of fused-ring (bicyclic) bond motifs is 2. The maximum absolute atomic E-state index is 11.2. The van der Waals surface area contributed by atoms with Crippen molar-refractivity contribution in [2.75, 3.05) is 0 Å². The minimum absolute atomic E-state index is 0. The lowest BCUT2D eigenvalue weighted by Gasteiger charge is -2.37. The van der Waals surface area contributed by atoms with Gasteiger partial charge in [0.05, 0.1) is 11.8 Å². The molecule has 4 nitrogen and oxygen atoms in total. The van der Waals surface area contributed by atoms with E-state index in [0.29, 0.717) is 11.8 Å². The molecule has 2 aliphatic heterocycles. The summed E-state index contributed by atoms with van der Waals surface area (Å²) in [5, 5.41) is 0. The lowest BCUT2D eigenvalue weighted by molar-refractivity contribution is -0.168. The summed E-state index contributed by atoms with van der Waals surface area (Å²) in [7, 11) is 0. The van der Waals surface area contributed by atoms with E-state index in [2.05, 4.69) is 0 Å². The topological polar surface area (TPSA) is 52.6 Å². The maximum atomic E-state index is 11.2. The number of hydrogen-bond acceptors (Lipinski definition) is 4. The Hall–Kier alpha value is -1.06. The van der Waals surface area contributed by atoms with E-state index in [-0.39, 0.29) is 43.4 Å². The van der Waals surface area contributed by atoms with Gasteiger partial charge < -0.3 is 9.47 Å². The second kappa shape index (κ2) is 9.05. The van der Waals surface area contributed by atoms with Crippen LogP contribution < -0.4 is 0 Å². The van der Waals surface area contributed by atoms with Crippen molar-refractivity contribution in [1.82, 2.24) is 0 Å². The molecule has 0 radical (unpaired) electrons. The van der Waals surface area contributed by atoms with Crippen LogP contribution in [0.2, 0.25) is 0 Å². The molecule has 4 heteroatoms. The van der Waals surface area contributed by atoms with Crippen molar-refractivity contribution in [2.45, 2.75) is 97.7 Å². The summed E-state index contributed by atoms with van der Waals surface area (Å²) in [5.74, 6) is 1.68. The SMILES string of the molecule is C.CC1C[C@@H]2CCCC[C@H]2OC1=O.CC1C[C@H]2CCCC[C@H]2OC1=O. The van der Waals surface area contributed by atoms with Crippen LogP contribution in [0, 0.1) is 23.7 Å². The standard InChI is InChI=1S/2C10H16O2.CH4/c2*1-7-6-8-4-2-3-5-9(8)12-10(7)11;/h2*7-9H,2-6H2,1H3;1H4/t7?,8-,9+;7?,8-,9-;/m01./s1. The number of rotatable bonds is 0. The fourth-order valence-electron chi connectivity index (χ4n) is 4.83. The van der Waals surface area contributed by atoms with E-state index >= 15 is 0 Å². The molecule has 4 fully saturated rings. The van der Waals surface area contributed by atoms with Crippen LogP contribution >= 0.6 is 0 Å². The van der Waals surface area contributed by atoms with Crippen LogP contribution in [0.3, 0.4) is 0 Å². The zero-order valence-electron chi connectivity index (χ0n) is 15.2. The molecule has 0 aromatic heterocycles. The maximum Gasteiger partial charge on any atom is 0.308 e. The predicted octanol–water partition coefficient (Wildman–Crippen LogP) is 4.89. The van der Waals surface area contributed by atoms with Crippen molar-refractivity contribution in [3.63, 3.8) is 0 Å². The van der Waals surface area contributed by atoms with Gasteiger partial charge in [0.25, 0.3) is 0 Å². The Morgan fingerprint density at radius 2 is 1.04 bits per heavy atom. The van der Waals surface area contributed by atoms with Crippen molar-refractivity contribution < 1.29 is 19.1 Å². The molecule has 4 rings (SSSR count). The Kier molecular flexibility index (Phi) is 7.33. The van der Waals surface area contributed by atoms with Gasteiger partial charge in [0.2, 0.25) is 0 Å². The molecule has 2 aliphatic carbocycles. The van der Waals surface area contributed by atoms with Crippen molar-refractivity contribution in [3.05, 3.63) is 0 Å². The number of hydrogen-bond donors (Lipinski definition) is 0. The average molecular weight is 353 g/mol. The second-order valence-electron chi connectivity index (χ2n) is 8.31. The zero-order chi connectivity index (χ0) is 17.1. The monoisotopic (exact) mass is 352 g/mol. The molecule has 0 aromatic rings. The van der Waals surface area contributed by atoms with Crippen molar-refractivity contribution >= 4 is 11.9 Å². The summed E-state index contributed by atoms with van der Waals surface area (Å²) in [6, 6.07) is 0. The summed E-state index contributed by atoms with van der Waals surface area (Å²) in [6.45, 7) is 3.96. The predicted molar refractivity (Wildman–Crippen MR) is 98.0 cm³/mol. The molecule has 0 N–H and O–H groups in total. The van der Waals surface area contributed by atoms with Crippen molar-refractivity contribution in [2.24, 2.45) is 23.7 Å². The Morgan fingerprint density at radius 3 is 1.44 bits per heavy atom. The van der Waals surface area contributed by atoms with Crippen LogP contribution in [0.15, 0.2) is 0 Å². The van der Waals surface area contributed by atoms with Crippen LogP contribution in [0.4, 0.5) is 0 Å². The molecular formula is C21H36O4. The van der Waals surface area contributed by atoms with Crippen LogP contribution in [-0.4, -0.2) is 24.1 Å². The van der Waals surface area contributed by atoms with Crippen LogP contribution in [-0.2, 0) is 19.1 Å². The molecule has 144 valence electrons. The largest absolute Gasteiger partial charge is 0.462 e. The first-order valence-electron chi connectivity index (χ1n) is 9.95. The Bertz CT molecular complexity index is 419. The van der Waals surface area contributed by atoms with E-state index in [1.807, 2.05) is 13.8 Å². The first kappa shape index (κ1) is 20.3. The summed E-state index contributed by atoms with van der Waals surface area (Å²) < 4.78 is 10.7. The molecule has 2 saturated carbocycles. The smallest absolute Gasteiger partial charge is 0.308 e. The van der Waals surface area contributed by atoms with Gasteiger partial charge in [-0.15, -0.1) is 0 Å². The second-order valence-corrected chi connectivity index (χ2v) is 8.31. The summed E-state index contributed by atoms with van der Waals surface area (Å²) in [5.41, 5.74) is 0. The van der Waals surface area contributed by atoms with E-state index in [9.17, 15) is 9.59 Å². The first-order valence-corrected chi connectivity index (χ1v) is 9.95. The van der Waals surface area contributed by atoms with E-state index in [4.69, 9.17) is 9.47 Å². The molecule has 4 aliphatic rings. The number of carbonyl (C=O) groups is 2. The minimum atomic E-state index is 0. The Balaban J connectivity index is 0.000000173. The average Bonchev–Trinajstić information content (AvgIpc) is 2.57. The molecule has 0 amide bonds. The van der Waals surface area contributed by atoms with Crippen LogP contribution in [0.25, 0.3) is 0 Å². The summed E-state index contributed by atoms with van der Waals surface area (Å²) in [4.78, 5) is 22.5. The van der Waals surface area contributed by atoms with Crippen molar-refractivity contribution in [1.29, 1.82) is 0 Å². The lowest BCUT2D eigenvalue weighted by atomic mass is 9.79. The fraction of sp³-hybridized carbons (Fsp3) is 0.905. The minimum Gasteiger partial charge on any atom is -0.462 e. The van der Waals surface area contributed by atoms with Crippen LogP contribution in [0.5, 0.6) is 0 Å². The number of carbonyl (C=O) groups excluding carboxylic acids is 2. The van der Waals surface area contributed by atoms with Crippen LogP contribution in [0.1, 0.15) is 85.5 Å². The van der Waals surface area contributed by atoms with Gasteiger partial charge in [-0.25, -0.2) is 0 Å². The van der Waals surface area contributed by atoms with E-state index in [1.54, 1.807) is 0 Å².